The van der Waals surface area contributed by atoms with E-state index in [1.165, 1.54) is 20.9 Å². The molecule has 0 aliphatic heterocycles. The van der Waals surface area contributed by atoms with E-state index < -0.39 is 0 Å². The van der Waals surface area contributed by atoms with Crippen LogP contribution >= 0.6 is 27.3 Å². The average molecular weight is 324 g/mol. The van der Waals surface area contributed by atoms with Crippen molar-refractivity contribution < 1.29 is 0 Å². The molecule has 0 spiro atoms. The van der Waals surface area contributed by atoms with Gasteiger partial charge in [0.05, 0.1) is 0 Å². The van der Waals surface area contributed by atoms with Gasteiger partial charge in [0.2, 0.25) is 0 Å². The average Bonchev–Trinajstić information content (AvgIpc) is 2.76. The minimum absolute atomic E-state index is 0.0847. The van der Waals surface area contributed by atoms with Crippen molar-refractivity contribution in [3.05, 3.63) is 55.7 Å². The van der Waals surface area contributed by atoms with Gasteiger partial charge in [0.15, 0.2) is 0 Å². The van der Waals surface area contributed by atoms with E-state index in [1.807, 2.05) is 11.3 Å². The van der Waals surface area contributed by atoms with Crippen molar-refractivity contribution in [2.45, 2.75) is 32.7 Å². The van der Waals surface area contributed by atoms with Gasteiger partial charge in [-0.3, -0.25) is 0 Å². The van der Waals surface area contributed by atoms with Crippen LogP contribution in [0.4, 0.5) is 0 Å². The second-order valence-corrected chi connectivity index (χ2v) is 6.70. The number of thiophene rings is 1. The molecule has 96 valence electrons. The standard InChI is InChI=1S/C15H18BrNS/c1-3-12-5-6-13(18-12)9-15(17)14-7-4-11(16)8-10(14)2/h4-8,15H,3,9,17H2,1-2H3. The molecule has 0 radical (unpaired) electrons. The van der Waals surface area contributed by atoms with Crippen LogP contribution in [-0.4, -0.2) is 0 Å². The van der Waals surface area contributed by atoms with Crippen LogP contribution in [0, 0.1) is 6.92 Å². The number of rotatable bonds is 4. The molecule has 2 N–H and O–H groups in total. The molecule has 1 atom stereocenters. The molecule has 3 heteroatoms. The summed E-state index contributed by atoms with van der Waals surface area (Å²) in [6.07, 6.45) is 2.03. The second-order valence-electron chi connectivity index (χ2n) is 4.53. The van der Waals surface area contributed by atoms with E-state index in [1.54, 1.807) is 0 Å². The maximum absolute atomic E-state index is 6.32. The van der Waals surface area contributed by atoms with E-state index in [9.17, 15) is 0 Å². The highest BCUT2D eigenvalue weighted by Crippen LogP contribution is 2.26. The van der Waals surface area contributed by atoms with Gasteiger partial charge in [-0.05, 0) is 48.7 Å². The molecule has 0 fully saturated rings. The monoisotopic (exact) mass is 323 g/mol. The molecule has 0 bridgehead atoms. The topological polar surface area (TPSA) is 26.0 Å². The number of hydrogen-bond acceptors (Lipinski definition) is 2. The fourth-order valence-electron chi connectivity index (χ4n) is 2.10. The zero-order chi connectivity index (χ0) is 13.1. The van der Waals surface area contributed by atoms with Crippen molar-refractivity contribution in [3.8, 4) is 0 Å². The van der Waals surface area contributed by atoms with Crippen LogP contribution in [0.25, 0.3) is 0 Å². The fourth-order valence-corrected chi connectivity index (χ4v) is 3.60. The Morgan fingerprint density at radius 2 is 1.94 bits per heavy atom. The summed E-state index contributed by atoms with van der Waals surface area (Å²) < 4.78 is 1.11. The van der Waals surface area contributed by atoms with Gasteiger partial charge in [-0.25, -0.2) is 0 Å². The van der Waals surface area contributed by atoms with Crippen molar-refractivity contribution >= 4 is 27.3 Å². The Bertz CT molecular complexity index is 533. The van der Waals surface area contributed by atoms with Crippen LogP contribution in [0.3, 0.4) is 0 Å². The van der Waals surface area contributed by atoms with Gasteiger partial charge in [-0.2, -0.15) is 0 Å². The largest absolute Gasteiger partial charge is 0.324 e. The van der Waals surface area contributed by atoms with Crippen molar-refractivity contribution in [2.24, 2.45) is 5.73 Å². The molecule has 0 aliphatic rings. The van der Waals surface area contributed by atoms with Gasteiger partial charge in [0.1, 0.15) is 0 Å². The highest BCUT2D eigenvalue weighted by atomic mass is 79.9. The maximum atomic E-state index is 6.32. The zero-order valence-corrected chi connectivity index (χ0v) is 13.1. The van der Waals surface area contributed by atoms with Crippen LogP contribution in [0.2, 0.25) is 0 Å². The summed E-state index contributed by atoms with van der Waals surface area (Å²) in [5.41, 5.74) is 8.81. The summed E-state index contributed by atoms with van der Waals surface area (Å²) in [5, 5.41) is 0. The Balaban J connectivity index is 2.13. The first-order valence-electron chi connectivity index (χ1n) is 6.19. The highest BCUT2D eigenvalue weighted by molar-refractivity contribution is 9.10. The van der Waals surface area contributed by atoms with Gasteiger partial charge in [-0.1, -0.05) is 28.9 Å². The lowest BCUT2D eigenvalue weighted by Gasteiger charge is -2.14. The van der Waals surface area contributed by atoms with E-state index in [2.05, 4.69) is 60.1 Å². The summed E-state index contributed by atoms with van der Waals surface area (Å²) >= 11 is 5.36. The SMILES string of the molecule is CCc1ccc(CC(N)c2ccc(Br)cc2C)s1. The molecular formula is C15H18BrNS. The Morgan fingerprint density at radius 3 is 2.56 bits per heavy atom. The molecule has 1 heterocycles. The first-order valence-corrected chi connectivity index (χ1v) is 7.80. The van der Waals surface area contributed by atoms with Gasteiger partial charge < -0.3 is 5.73 Å². The maximum Gasteiger partial charge on any atom is 0.0346 e. The molecule has 0 aliphatic carbocycles. The molecule has 18 heavy (non-hydrogen) atoms. The summed E-state index contributed by atoms with van der Waals surface area (Å²) in [6.45, 7) is 4.31. The molecule has 2 aromatic rings. The molecule has 1 aromatic heterocycles. The first kappa shape index (κ1) is 13.8. The third-order valence-corrected chi connectivity index (χ3v) is 4.86. The molecule has 0 saturated heterocycles. The molecule has 1 nitrogen and oxygen atoms in total. The Hall–Kier alpha value is -0.640. The third kappa shape index (κ3) is 3.22. The molecular weight excluding hydrogens is 306 g/mol. The molecule has 2 rings (SSSR count). The van der Waals surface area contributed by atoms with Gasteiger partial charge in [0, 0.05) is 26.7 Å². The number of benzene rings is 1. The third-order valence-electron chi connectivity index (χ3n) is 3.12. The van der Waals surface area contributed by atoms with E-state index >= 15 is 0 Å². The second kappa shape index (κ2) is 6.00. The lowest BCUT2D eigenvalue weighted by molar-refractivity contribution is 0.724. The Morgan fingerprint density at radius 1 is 1.22 bits per heavy atom. The smallest absolute Gasteiger partial charge is 0.0346 e. The van der Waals surface area contributed by atoms with E-state index in [-0.39, 0.29) is 6.04 Å². The van der Waals surface area contributed by atoms with E-state index in [0.29, 0.717) is 0 Å². The van der Waals surface area contributed by atoms with Crippen LogP contribution in [0.1, 0.15) is 33.8 Å². The van der Waals surface area contributed by atoms with E-state index in [4.69, 9.17) is 5.73 Å². The predicted molar refractivity (Wildman–Crippen MR) is 83.2 cm³/mol. The molecule has 0 saturated carbocycles. The number of nitrogens with two attached hydrogens (primary N) is 1. The number of halogens is 1. The minimum atomic E-state index is 0.0847. The van der Waals surface area contributed by atoms with Crippen LogP contribution in [-0.2, 0) is 12.8 Å². The van der Waals surface area contributed by atoms with Crippen molar-refractivity contribution in [1.29, 1.82) is 0 Å². The van der Waals surface area contributed by atoms with Crippen LogP contribution < -0.4 is 5.73 Å². The highest BCUT2D eigenvalue weighted by Gasteiger charge is 2.11. The normalized spacial score (nSPS) is 12.7. The van der Waals surface area contributed by atoms with Gasteiger partial charge >= 0.3 is 0 Å². The van der Waals surface area contributed by atoms with Gasteiger partial charge in [0.25, 0.3) is 0 Å². The summed E-state index contributed by atoms with van der Waals surface area (Å²) in [7, 11) is 0. The number of aryl methyl sites for hydroxylation is 2. The summed E-state index contributed by atoms with van der Waals surface area (Å²) in [4.78, 5) is 2.81. The molecule has 1 aromatic carbocycles. The quantitative estimate of drug-likeness (QED) is 0.872. The van der Waals surface area contributed by atoms with Crippen molar-refractivity contribution in [2.75, 3.05) is 0 Å². The predicted octanol–water partition coefficient (Wildman–Crippen LogP) is 4.62. The van der Waals surface area contributed by atoms with E-state index in [0.717, 1.165) is 17.3 Å². The number of hydrogen-bond donors (Lipinski definition) is 1. The summed E-state index contributed by atoms with van der Waals surface area (Å²) in [5.74, 6) is 0. The van der Waals surface area contributed by atoms with Crippen LogP contribution in [0.15, 0.2) is 34.8 Å². The Labute approximate surface area is 121 Å². The fraction of sp³-hybridized carbons (Fsp3) is 0.333. The summed E-state index contributed by atoms with van der Waals surface area (Å²) in [6, 6.07) is 10.8. The van der Waals surface area contributed by atoms with Crippen molar-refractivity contribution in [1.82, 2.24) is 0 Å². The minimum Gasteiger partial charge on any atom is -0.324 e. The lowest BCUT2D eigenvalue weighted by atomic mass is 9.99. The van der Waals surface area contributed by atoms with Gasteiger partial charge in [-0.15, -0.1) is 11.3 Å². The Kier molecular flexibility index (Phi) is 4.60. The zero-order valence-electron chi connectivity index (χ0n) is 10.7. The molecule has 1 unspecified atom stereocenters. The lowest BCUT2D eigenvalue weighted by Crippen LogP contribution is -2.14. The first-order chi connectivity index (χ1) is 8.60. The van der Waals surface area contributed by atoms with Crippen LogP contribution in [0.5, 0.6) is 0 Å². The van der Waals surface area contributed by atoms with Crippen molar-refractivity contribution in [3.63, 3.8) is 0 Å². The molecule has 0 amide bonds.